The third kappa shape index (κ3) is 2.11. The third-order valence-electron chi connectivity index (χ3n) is 1.61. The molecule has 2 aromatic rings. The maximum Gasteiger partial charge on any atom is 0.514 e. The van der Waals surface area contributed by atoms with Gasteiger partial charge in [-0.15, -0.1) is 0 Å². The molecule has 2 rings (SSSR count). The molecule has 1 N–H and O–H groups in total. The Morgan fingerprint density at radius 1 is 1.33 bits per heavy atom. The van der Waals surface area contributed by atoms with E-state index in [0.717, 1.165) is 5.56 Å². The van der Waals surface area contributed by atoms with Crippen LogP contribution in [0.4, 0.5) is 4.79 Å². The number of benzene rings is 1. The van der Waals surface area contributed by atoms with Gasteiger partial charge in [0.15, 0.2) is 0 Å². The van der Waals surface area contributed by atoms with Crippen LogP contribution in [-0.4, -0.2) is 21.4 Å². The Labute approximate surface area is 84.1 Å². The quantitative estimate of drug-likeness (QED) is 0.754. The molecular weight excluding hydrogens is 200 g/mol. The Morgan fingerprint density at radius 2 is 2.07 bits per heavy atom. The van der Waals surface area contributed by atoms with Gasteiger partial charge in [0, 0.05) is 5.56 Å². The van der Waals surface area contributed by atoms with Crippen LogP contribution in [0.15, 0.2) is 34.9 Å². The normalized spacial score (nSPS) is 9.87. The zero-order chi connectivity index (χ0) is 10.7. The van der Waals surface area contributed by atoms with Crippen molar-refractivity contribution in [3.05, 3.63) is 30.3 Å². The van der Waals surface area contributed by atoms with Crippen LogP contribution in [0, 0.1) is 0 Å². The van der Waals surface area contributed by atoms with E-state index < -0.39 is 6.16 Å². The van der Waals surface area contributed by atoms with Gasteiger partial charge in [0.1, 0.15) is 0 Å². The van der Waals surface area contributed by atoms with Gasteiger partial charge in [0.05, 0.1) is 0 Å². The second kappa shape index (κ2) is 3.79. The van der Waals surface area contributed by atoms with E-state index in [4.69, 9.17) is 5.11 Å². The fraction of sp³-hybridized carbons (Fsp3) is 0. The highest BCUT2D eigenvalue weighted by atomic mass is 16.7. The number of nitrogens with zero attached hydrogens (tertiary/aromatic N) is 2. The van der Waals surface area contributed by atoms with E-state index in [9.17, 15) is 4.79 Å². The van der Waals surface area contributed by atoms with Crippen molar-refractivity contribution in [2.45, 2.75) is 0 Å². The van der Waals surface area contributed by atoms with Crippen LogP contribution >= 0.6 is 0 Å². The molecule has 0 saturated carbocycles. The number of rotatable bonds is 2. The van der Waals surface area contributed by atoms with Gasteiger partial charge in [-0.1, -0.05) is 35.5 Å². The van der Waals surface area contributed by atoms with E-state index in [2.05, 4.69) is 19.4 Å². The molecular formula is C9H6N2O4. The summed E-state index contributed by atoms with van der Waals surface area (Å²) in [5.41, 5.74) is 0.724. The number of carbonyl (C=O) groups is 1. The fourth-order valence-electron chi connectivity index (χ4n) is 1.03. The molecule has 1 aromatic heterocycles. The standard InChI is InChI=1S/C9H6N2O4/c12-9(13)14-8-10-7(11-15-8)6-4-2-1-3-5-6/h1-5H,(H,12,13). The number of hydrogen-bond donors (Lipinski definition) is 1. The zero-order valence-corrected chi connectivity index (χ0v) is 7.45. The van der Waals surface area contributed by atoms with Crippen LogP contribution < -0.4 is 4.74 Å². The summed E-state index contributed by atoms with van der Waals surface area (Å²) in [5.74, 6) is 0.284. The van der Waals surface area contributed by atoms with E-state index in [1.165, 1.54) is 0 Å². The zero-order valence-electron chi connectivity index (χ0n) is 7.45. The molecule has 0 unspecified atom stereocenters. The minimum Gasteiger partial charge on any atom is -0.449 e. The van der Waals surface area contributed by atoms with E-state index in [1.807, 2.05) is 18.2 Å². The van der Waals surface area contributed by atoms with Crippen molar-refractivity contribution in [1.29, 1.82) is 0 Å². The summed E-state index contributed by atoms with van der Waals surface area (Å²) in [4.78, 5) is 13.9. The molecule has 0 spiro atoms. The average Bonchev–Trinajstić information content (AvgIpc) is 2.67. The Balaban J connectivity index is 2.24. The van der Waals surface area contributed by atoms with E-state index in [0.29, 0.717) is 0 Å². The van der Waals surface area contributed by atoms with Gasteiger partial charge in [-0.2, -0.15) is 4.98 Å². The highest BCUT2D eigenvalue weighted by molar-refractivity contribution is 5.60. The summed E-state index contributed by atoms with van der Waals surface area (Å²) in [6.45, 7) is 0. The van der Waals surface area contributed by atoms with Gasteiger partial charge < -0.3 is 9.84 Å². The number of hydrogen-bond acceptors (Lipinski definition) is 5. The summed E-state index contributed by atoms with van der Waals surface area (Å²) < 4.78 is 8.76. The molecule has 0 aliphatic heterocycles. The van der Waals surface area contributed by atoms with Crippen molar-refractivity contribution in [2.75, 3.05) is 0 Å². The molecule has 0 atom stereocenters. The van der Waals surface area contributed by atoms with Crippen molar-refractivity contribution in [2.24, 2.45) is 0 Å². The van der Waals surface area contributed by atoms with Crippen molar-refractivity contribution >= 4 is 6.16 Å². The first-order valence-corrected chi connectivity index (χ1v) is 4.05. The first-order chi connectivity index (χ1) is 7.25. The lowest BCUT2D eigenvalue weighted by Gasteiger charge is -1.90. The van der Waals surface area contributed by atoms with Crippen LogP contribution in [0.2, 0.25) is 0 Å². The Hall–Kier alpha value is -2.37. The Bertz CT molecular complexity index is 466. The molecule has 0 aliphatic rings. The second-order valence-corrected chi connectivity index (χ2v) is 2.62. The van der Waals surface area contributed by atoms with Crippen LogP contribution in [0.5, 0.6) is 6.08 Å². The van der Waals surface area contributed by atoms with E-state index in [1.54, 1.807) is 12.1 Å². The molecule has 15 heavy (non-hydrogen) atoms. The number of ether oxygens (including phenoxy) is 1. The minimum absolute atomic E-state index is 0.284. The highest BCUT2D eigenvalue weighted by Crippen LogP contribution is 2.17. The van der Waals surface area contributed by atoms with Crippen molar-refractivity contribution in [3.8, 4) is 17.5 Å². The SMILES string of the molecule is O=C(O)Oc1nc(-c2ccccc2)no1. The van der Waals surface area contributed by atoms with E-state index in [-0.39, 0.29) is 11.9 Å². The maximum atomic E-state index is 10.2. The van der Waals surface area contributed by atoms with Gasteiger partial charge in [0.25, 0.3) is 0 Å². The fourth-order valence-corrected chi connectivity index (χ4v) is 1.03. The summed E-state index contributed by atoms with van der Waals surface area (Å²) >= 11 is 0. The summed E-state index contributed by atoms with van der Waals surface area (Å²) in [6.07, 6.45) is -1.88. The minimum atomic E-state index is -1.49. The summed E-state index contributed by atoms with van der Waals surface area (Å²) in [5, 5.41) is 11.9. The lowest BCUT2D eigenvalue weighted by Crippen LogP contribution is -2.02. The molecule has 1 aromatic carbocycles. The molecule has 6 heteroatoms. The van der Waals surface area contributed by atoms with E-state index >= 15 is 0 Å². The Kier molecular flexibility index (Phi) is 2.32. The highest BCUT2D eigenvalue weighted by Gasteiger charge is 2.11. The molecule has 6 nitrogen and oxygen atoms in total. The molecule has 0 bridgehead atoms. The molecule has 76 valence electrons. The molecule has 0 amide bonds. The van der Waals surface area contributed by atoms with Crippen molar-refractivity contribution < 1.29 is 19.2 Å². The second-order valence-electron chi connectivity index (χ2n) is 2.62. The molecule has 0 saturated heterocycles. The summed E-state index contributed by atoms with van der Waals surface area (Å²) in [7, 11) is 0. The molecule has 0 aliphatic carbocycles. The van der Waals surface area contributed by atoms with Gasteiger partial charge in [-0.3, -0.25) is 4.52 Å². The number of aromatic nitrogens is 2. The van der Waals surface area contributed by atoms with Gasteiger partial charge >= 0.3 is 12.2 Å². The van der Waals surface area contributed by atoms with Crippen LogP contribution in [0.3, 0.4) is 0 Å². The summed E-state index contributed by atoms with van der Waals surface area (Å²) in [6, 6.07) is 9.01. The third-order valence-corrected chi connectivity index (χ3v) is 1.61. The molecule has 1 heterocycles. The molecule has 0 radical (unpaired) electrons. The smallest absolute Gasteiger partial charge is 0.449 e. The first-order valence-electron chi connectivity index (χ1n) is 4.05. The monoisotopic (exact) mass is 206 g/mol. The largest absolute Gasteiger partial charge is 0.514 e. The number of carboxylic acid groups (broad SMARTS) is 1. The predicted octanol–water partition coefficient (Wildman–Crippen LogP) is 1.79. The first kappa shape index (κ1) is 9.20. The van der Waals surface area contributed by atoms with Crippen LogP contribution in [0.1, 0.15) is 0 Å². The Morgan fingerprint density at radius 3 is 2.73 bits per heavy atom. The van der Waals surface area contributed by atoms with Crippen molar-refractivity contribution in [3.63, 3.8) is 0 Å². The lowest BCUT2D eigenvalue weighted by atomic mass is 10.2. The maximum absolute atomic E-state index is 10.2. The lowest BCUT2D eigenvalue weighted by molar-refractivity contribution is 0.125. The van der Waals surface area contributed by atoms with Crippen LogP contribution in [0.25, 0.3) is 11.4 Å². The van der Waals surface area contributed by atoms with Gasteiger partial charge in [-0.05, 0) is 0 Å². The predicted molar refractivity (Wildman–Crippen MR) is 48.4 cm³/mol. The topological polar surface area (TPSA) is 85.5 Å². The average molecular weight is 206 g/mol. The molecule has 0 fully saturated rings. The van der Waals surface area contributed by atoms with Crippen molar-refractivity contribution in [1.82, 2.24) is 10.1 Å². The van der Waals surface area contributed by atoms with Gasteiger partial charge in [0.2, 0.25) is 5.82 Å². The van der Waals surface area contributed by atoms with Crippen LogP contribution in [-0.2, 0) is 0 Å². The van der Waals surface area contributed by atoms with Gasteiger partial charge in [-0.25, -0.2) is 4.79 Å².